The van der Waals surface area contributed by atoms with Crippen molar-refractivity contribution in [3.8, 4) is 0 Å². The average Bonchev–Trinajstić information content (AvgIpc) is 3.15. The summed E-state index contributed by atoms with van der Waals surface area (Å²) in [4.78, 5) is 2.50. The summed E-state index contributed by atoms with van der Waals surface area (Å²) in [6, 6.07) is 52.5. The van der Waals surface area contributed by atoms with E-state index in [1.807, 2.05) is 0 Å². The van der Waals surface area contributed by atoms with Crippen molar-refractivity contribution in [3.05, 3.63) is 156 Å². The molecular formula is C48H37N. The molecule has 0 aliphatic heterocycles. The molecule has 0 spiro atoms. The number of aryl methyl sites for hydroxylation is 1. The fourth-order valence-corrected chi connectivity index (χ4v) is 8.74. The third-order valence-corrected chi connectivity index (χ3v) is 11.0. The lowest BCUT2D eigenvalue weighted by Crippen LogP contribution is -2.11. The molecule has 0 radical (unpaired) electrons. The van der Waals surface area contributed by atoms with Gasteiger partial charge in [-0.15, -0.1) is 0 Å². The molecule has 0 heterocycles. The van der Waals surface area contributed by atoms with Gasteiger partial charge in [0, 0.05) is 27.5 Å². The Hall–Kier alpha value is -5.66. The highest BCUT2D eigenvalue weighted by Crippen LogP contribution is 2.51. The van der Waals surface area contributed by atoms with Crippen LogP contribution in [-0.4, -0.2) is 0 Å². The number of allylic oxidation sites excluding steroid dienone is 1. The Morgan fingerprint density at radius 2 is 1.00 bits per heavy atom. The quantitative estimate of drug-likeness (QED) is 0.139. The molecule has 49 heavy (non-hydrogen) atoms. The molecule has 1 nitrogen and oxygen atoms in total. The van der Waals surface area contributed by atoms with E-state index < -0.39 is 0 Å². The van der Waals surface area contributed by atoms with Gasteiger partial charge in [-0.3, -0.25) is 0 Å². The van der Waals surface area contributed by atoms with Gasteiger partial charge >= 0.3 is 0 Å². The van der Waals surface area contributed by atoms with Gasteiger partial charge in [0.25, 0.3) is 0 Å². The van der Waals surface area contributed by atoms with Crippen LogP contribution in [0, 0.1) is 6.92 Å². The summed E-state index contributed by atoms with van der Waals surface area (Å²) >= 11 is 0. The molecule has 0 atom stereocenters. The predicted molar refractivity (Wildman–Crippen MR) is 213 cm³/mol. The van der Waals surface area contributed by atoms with Crippen molar-refractivity contribution in [1.82, 2.24) is 0 Å². The number of benzene rings is 9. The van der Waals surface area contributed by atoms with E-state index in [1.54, 1.807) is 5.57 Å². The molecule has 0 amide bonds. The summed E-state index contributed by atoms with van der Waals surface area (Å²) in [6.45, 7) is 2.17. The Balaban J connectivity index is 1.33. The monoisotopic (exact) mass is 627 g/mol. The van der Waals surface area contributed by atoms with Crippen molar-refractivity contribution < 1.29 is 0 Å². The van der Waals surface area contributed by atoms with Crippen LogP contribution in [0.2, 0.25) is 0 Å². The number of hydrogen-bond acceptors (Lipinski definition) is 1. The topological polar surface area (TPSA) is 3.24 Å². The minimum absolute atomic E-state index is 1.17. The highest BCUT2D eigenvalue weighted by atomic mass is 15.1. The van der Waals surface area contributed by atoms with E-state index in [4.69, 9.17) is 0 Å². The van der Waals surface area contributed by atoms with Crippen molar-refractivity contribution in [3.63, 3.8) is 0 Å². The molecular weight excluding hydrogens is 591 g/mol. The first-order chi connectivity index (χ1) is 24.2. The van der Waals surface area contributed by atoms with E-state index in [0.29, 0.717) is 0 Å². The van der Waals surface area contributed by atoms with Gasteiger partial charge in [-0.05, 0) is 117 Å². The van der Waals surface area contributed by atoms with E-state index >= 15 is 0 Å². The van der Waals surface area contributed by atoms with E-state index in [1.165, 1.54) is 125 Å². The highest BCUT2D eigenvalue weighted by molar-refractivity contribution is 6.44. The molecule has 9 aromatic rings. The summed E-state index contributed by atoms with van der Waals surface area (Å²) in [5.41, 5.74) is 7.71. The van der Waals surface area contributed by atoms with Gasteiger partial charge in [0.15, 0.2) is 0 Å². The first-order valence-electron chi connectivity index (χ1n) is 17.8. The summed E-state index contributed by atoms with van der Waals surface area (Å²) in [6.07, 6.45) is 8.89. The van der Waals surface area contributed by atoms with Gasteiger partial charge in [0.05, 0.1) is 5.69 Å². The largest absolute Gasteiger partial charge is 0.309 e. The van der Waals surface area contributed by atoms with Crippen molar-refractivity contribution >= 4 is 87.8 Å². The standard InChI is InChI=1S/C48H37N/c1-31-21-25-36(26-22-31)49(37-27-23-33(24-28-37)29-32-11-3-2-4-12-32)48-42-17-8-7-16-41(42)47-45-40(19-10-20-43(45)48)39-18-9-14-35-30-34-13-5-6-15-38(34)46(47)44(35)39/h5-10,13-30H,2-4,11-12H2,1H3. The second-order valence-corrected chi connectivity index (χ2v) is 14.0. The van der Waals surface area contributed by atoms with Gasteiger partial charge in [-0.25, -0.2) is 0 Å². The lowest BCUT2D eigenvalue weighted by Gasteiger charge is -2.30. The predicted octanol–water partition coefficient (Wildman–Crippen LogP) is 14.2. The third kappa shape index (κ3) is 4.46. The first-order valence-corrected chi connectivity index (χ1v) is 17.8. The molecule has 1 saturated carbocycles. The lowest BCUT2D eigenvalue weighted by molar-refractivity contribution is 0.602. The van der Waals surface area contributed by atoms with Gasteiger partial charge in [-0.1, -0.05) is 133 Å². The molecule has 0 unspecified atom stereocenters. The molecule has 0 N–H and O–H groups in total. The molecule has 0 saturated heterocycles. The number of fused-ring (bicyclic) bond motifs is 6. The molecule has 1 aliphatic carbocycles. The van der Waals surface area contributed by atoms with Crippen LogP contribution >= 0.6 is 0 Å². The highest BCUT2D eigenvalue weighted by Gasteiger charge is 2.24. The molecule has 1 fully saturated rings. The van der Waals surface area contributed by atoms with Crippen LogP contribution in [0.5, 0.6) is 0 Å². The van der Waals surface area contributed by atoms with E-state index in [9.17, 15) is 0 Å². The van der Waals surface area contributed by atoms with Crippen molar-refractivity contribution in [2.24, 2.45) is 0 Å². The number of hydrogen-bond donors (Lipinski definition) is 0. The average molecular weight is 628 g/mol. The maximum absolute atomic E-state index is 2.50. The first kappa shape index (κ1) is 28.4. The second kappa shape index (κ2) is 11.2. The number of rotatable bonds is 4. The van der Waals surface area contributed by atoms with Crippen LogP contribution in [0.4, 0.5) is 17.1 Å². The Morgan fingerprint density at radius 3 is 1.78 bits per heavy atom. The maximum Gasteiger partial charge on any atom is 0.0619 e. The SMILES string of the molecule is Cc1ccc(N(c2ccc(C=C3CCCCC3)cc2)c2c3ccccc3c3c4c2cccc4c2cccc4cc5ccccc5c3c42)cc1. The number of nitrogens with zero attached hydrogens (tertiary/aromatic N) is 1. The molecule has 0 aromatic heterocycles. The van der Waals surface area contributed by atoms with Crippen LogP contribution in [0.15, 0.2) is 145 Å². The van der Waals surface area contributed by atoms with Gasteiger partial charge in [-0.2, -0.15) is 0 Å². The summed E-state index contributed by atoms with van der Waals surface area (Å²) < 4.78 is 0. The zero-order valence-corrected chi connectivity index (χ0v) is 27.8. The fraction of sp³-hybridized carbons (Fsp3) is 0.125. The smallest absolute Gasteiger partial charge is 0.0619 e. The second-order valence-electron chi connectivity index (χ2n) is 14.0. The van der Waals surface area contributed by atoms with Crippen LogP contribution in [0.1, 0.15) is 43.2 Å². The molecule has 1 aliphatic rings. The van der Waals surface area contributed by atoms with Crippen molar-refractivity contribution in [1.29, 1.82) is 0 Å². The van der Waals surface area contributed by atoms with Crippen LogP contribution < -0.4 is 4.90 Å². The summed E-state index contributed by atoms with van der Waals surface area (Å²) in [5, 5.41) is 15.8. The van der Waals surface area contributed by atoms with Crippen molar-refractivity contribution in [2.75, 3.05) is 4.90 Å². The Labute approximate surface area is 287 Å². The molecule has 10 rings (SSSR count). The van der Waals surface area contributed by atoms with Crippen LogP contribution in [0.3, 0.4) is 0 Å². The fourth-order valence-electron chi connectivity index (χ4n) is 8.74. The van der Waals surface area contributed by atoms with Gasteiger partial charge in [0.1, 0.15) is 0 Å². The molecule has 0 bridgehead atoms. The Kier molecular flexibility index (Phi) is 6.49. The Bertz CT molecular complexity index is 2720. The Morgan fingerprint density at radius 1 is 0.449 bits per heavy atom. The molecule has 234 valence electrons. The minimum Gasteiger partial charge on any atom is -0.309 e. The molecule has 1 heteroatoms. The van der Waals surface area contributed by atoms with E-state index in [-0.39, 0.29) is 0 Å². The lowest BCUT2D eigenvalue weighted by atomic mass is 9.84. The van der Waals surface area contributed by atoms with Gasteiger partial charge < -0.3 is 4.90 Å². The number of anilines is 3. The summed E-state index contributed by atoms with van der Waals surface area (Å²) in [7, 11) is 0. The van der Waals surface area contributed by atoms with E-state index in [0.717, 1.165) is 0 Å². The minimum atomic E-state index is 1.17. The maximum atomic E-state index is 2.50. The normalized spacial score (nSPS) is 13.8. The third-order valence-electron chi connectivity index (χ3n) is 11.0. The van der Waals surface area contributed by atoms with Crippen LogP contribution in [-0.2, 0) is 0 Å². The van der Waals surface area contributed by atoms with Gasteiger partial charge in [0.2, 0.25) is 0 Å². The van der Waals surface area contributed by atoms with Crippen LogP contribution in [0.25, 0.3) is 70.7 Å². The van der Waals surface area contributed by atoms with Crippen molar-refractivity contribution in [2.45, 2.75) is 39.0 Å². The zero-order chi connectivity index (χ0) is 32.5. The summed E-state index contributed by atoms with van der Waals surface area (Å²) in [5.74, 6) is 0. The molecule has 9 aromatic carbocycles. The zero-order valence-electron chi connectivity index (χ0n) is 27.8. The van der Waals surface area contributed by atoms with E-state index in [2.05, 4.69) is 157 Å².